The Labute approximate surface area is 207 Å². The molecule has 0 spiro atoms. The van der Waals surface area contributed by atoms with E-state index in [-0.39, 0.29) is 5.13 Å². The average molecular weight is 507 g/mol. The standard InChI is InChI=1S/C25H29F3N4O2S/c1-15(2)13-32(14-16(3)4)21-11-10-17(18-8-6-7-9-19(18)22(33)34-5)12-20(21)29-24-30-23(31-35-24)25(26,27)28/h6-12,15-16H,13-14H2,1-5H3,(H,29,30,31). The molecule has 6 nitrogen and oxygen atoms in total. The van der Waals surface area contributed by atoms with Gasteiger partial charge in [0.2, 0.25) is 11.0 Å². The molecule has 0 aliphatic heterocycles. The molecular weight excluding hydrogens is 477 g/mol. The summed E-state index contributed by atoms with van der Waals surface area (Å²) in [5, 5.41) is 3.09. The highest BCUT2D eigenvalue weighted by Gasteiger charge is 2.36. The van der Waals surface area contributed by atoms with E-state index in [1.807, 2.05) is 24.3 Å². The van der Waals surface area contributed by atoms with Crippen LogP contribution in [0.15, 0.2) is 42.5 Å². The summed E-state index contributed by atoms with van der Waals surface area (Å²) in [5.41, 5.74) is 3.17. The van der Waals surface area contributed by atoms with Crippen LogP contribution in [0.1, 0.15) is 43.9 Å². The summed E-state index contributed by atoms with van der Waals surface area (Å²) < 4.78 is 47.6. The van der Waals surface area contributed by atoms with Gasteiger partial charge in [0.15, 0.2) is 0 Å². The maximum Gasteiger partial charge on any atom is 0.452 e. The molecule has 3 aromatic rings. The van der Waals surface area contributed by atoms with Crippen molar-refractivity contribution >= 4 is 34.0 Å². The minimum Gasteiger partial charge on any atom is -0.465 e. The lowest BCUT2D eigenvalue weighted by molar-refractivity contribution is -0.144. The number of hydrogen-bond acceptors (Lipinski definition) is 7. The fourth-order valence-corrected chi connectivity index (χ4v) is 4.36. The number of esters is 1. The molecule has 188 valence electrons. The topological polar surface area (TPSA) is 67.3 Å². The number of halogens is 3. The van der Waals surface area contributed by atoms with Crippen LogP contribution in [0.25, 0.3) is 11.1 Å². The third-order valence-electron chi connectivity index (χ3n) is 5.07. The zero-order valence-corrected chi connectivity index (χ0v) is 21.1. The van der Waals surface area contributed by atoms with Crippen molar-refractivity contribution in [1.29, 1.82) is 0 Å². The number of aromatic nitrogens is 2. The van der Waals surface area contributed by atoms with Gasteiger partial charge < -0.3 is 15.0 Å². The highest BCUT2D eigenvalue weighted by Crippen LogP contribution is 2.37. The van der Waals surface area contributed by atoms with Crippen LogP contribution < -0.4 is 10.2 Å². The normalized spacial score (nSPS) is 11.7. The van der Waals surface area contributed by atoms with E-state index in [0.717, 1.165) is 18.8 Å². The van der Waals surface area contributed by atoms with Gasteiger partial charge in [0.05, 0.1) is 24.0 Å². The van der Waals surface area contributed by atoms with E-state index >= 15 is 0 Å². The number of nitrogens with zero attached hydrogens (tertiary/aromatic N) is 3. The SMILES string of the molecule is COC(=O)c1ccccc1-c1ccc(N(CC(C)C)CC(C)C)c(Nc2nc(C(F)(F)F)ns2)c1. The van der Waals surface area contributed by atoms with E-state index < -0.39 is 18.0 Å². The lowest BCUT2D eigenvalue weighted by atomic mass is 9.98. The summed E-state index contributed by atoms with van der Waals surface area (Å²) in [5.74, 6) is -0.932. The van der Waals surface area contributed by atoms with Crippen LogP contribution in [-0.4, -0.2) is 35.5 Å². The number of anilines is 3. The summed E-state index contributed by atoms with van der Waals surface area (Å²) in [6.45, 7) is 9.97. The molecule has 0 saturated heterocycles. The largest absolute Gasteiger partial charge is 0.465 e. The smallest absolute Gasteiger partial charge is 0.452 e. The molecule has 1 N–H and O–H groups in total. The Morgan fingerprint density at radius 2 is 1.74 bits per heavy atom. The molecule has 0 aliphatic carbocycles. The lowest BCUT2D eigenvalue weighted by Crippen LogP contribution is -2.31. The maximum absolute atomic E-state index is 13.1. The minimum absolute atomic E-state index is 0.0334. The molecule has 0 amide bonds. The molecule has 0 saturated carbocycles. The third-order valence-corrected chi connectivity index (χ3v) is 5.70. The Morgan fingerprint density at radius 1 is 1.09 bits per heavy atom. The molecule has 0 aliphatic rings. The Kier molecular flexibility index (Phi) is 8.37. The first-order valence-corrected chi connectivity index (χ1v) is 12.0. The van der Waals surface area contributed by atoms with E-state index in [4.69, 9.17) is 4.74 Å². The predicted molar refractivity (Wildman–Crippen MR) is 133 cm³/mol. The molecule has 2 aromatic carbocycles. The van der Waals surface area contributed by atoms with Gasteiger partial charge in [-0.25, -0.2) is 4.79 Å². The van der Waals surface area contributed by atoms with Crippen molar-refractivity contribution in [3.63, 3.8) is 0 Å². The molecule has 10 heteroatoms. The van der Waals surface area contributed by atoms with Crippen molar-refractivity contribution in [2.75, 3.05) is 30.4 Å². The Bertz CT molecular complexity index is 1150. The molecule has 3 rings (SSSR count). The average Bonchev–Trinajstić information content (AvgIpc) is 3.26. The number of hydrogen-bond donors (Lipinski definition) is 1. The van der Waals surface area contributed by atoms with Gasteiger partial charge >= 0.3 is 12.1 Å². The lowest BCUT2D eigenvalue weighted by Gasteiger charge is -2.30. The van der Waals surface area contributed by atoms with Crippen molar-refractivity contribution in [1.82, 2.24) is 9.36 Å². The Hall–Kier alpha value is -3.14. The summed E-state index contributed by atoms with van der Waals surface area (Å²) in [6.07, 6.45) is -4.62. The highest BCUT2D eigenvalue weighted by molar-refractivity contribution is 7.09. The van der Waals surface area contributed by atoms with Crippen molar-refractivity contribution in [3.8, 4) is 11.1 Å². The van der Waals surface area contributed by atoms with E-state index in [9.17, 15) is 18.0 Å². The summed E-state index contributed by atoms with van der Waals surface area (Å²) in [7, 11) is 1.32. The Balaban J connectivity index is 2.12. The second kappa shape index (κ2) is 11.1. The monoisotopic (exact) mass is 506 g/mol. The number of ether oxygens (including phenoxy) is 1. The number of carbonyl (C=O) groups is 1. The van der Waals surface area contributed by atoms with Gasteiger partial charge in [0.1, 0.15) is 0 Å². The molecular formula is C25H29F3N4O2S. The van der Waals surface area contributed by atoms with Crippen molar-refractivity contribution in [3.05, 3.63) is 53.9 Å². The third kappa shape index (κ3) is 6.72. The maximum atomic E-state index is 13.1. The van der Waals surface area contributed by atoms with Crippen LogP contribution in [-0.2, 0) is 10.9 Å². The van der Waals surface area contributed by atoms with Crippen LogP contribution >= 0.6 is 11.5 Å². The fourth-order valence-electron chi connectivity index (χ4n) is 3.76. The number of nitrogens with one attached hydrogen (secondary N) is 1. The van der Waals surface area contributed by atoms with Gasteiger partial charge in [-0.3, -0.25) is 0 Å². The van der Waals surface area contributed by atoms with E-state index in [2.05, 4.69) is 47.3 Å². The molecule has 0 bridgehead atoms. The number of benzene rings is 2. The minimum atomic E-state index is -4.62. The number of carbonyl (C=O) groups excluding carboxylic acids is 1. The van der Waals surface area contributed by atoms with Crippen LogP contribution in [0.2, 0.25) is 0 Å². The second-order valence-corrected chi connectivity index (χ2v) is 9.76. The molecule has 0 radical (unpaired) electrons. The molecule has 0 fully saturated rings. The molecule has 0 atom stereocenters. The zero-order valence-electron chi connectivity index (χ0n) is 20.3. The van der Waals surface area contributed by atoms with Gasteiger partial charge in [-0.15, -0.1) is 0 Å². The predicted octanol–water partition coefficient (Wildman–Crippen LogP) is 6.87. The summed E-state index contributed by atoms with van der Waals surface area (Å²) in [6, 6.07) is 12.7. The van der Waals surface area contributed by atoms with Gasteiger partial charge in [-0.2, -0.15) is 22.5 Å². The van der Waals surface area contributed by atoms with Crippen LogP contribution in [0.5, 0.6) is 0 Å². The molecule has 35 heavy (non-hydrogen) atoms. The summed E-state index contributed by atoms with van der Waals surface area (Å²) in [4.78, 5) is 18.2. The summed E-state index contributed by atoms with van der Waals surface area (Å²) >= 11 is 0.648. The zero-order chi connectivity index (χ0) is 25.8. The molecule has 1 aromatic heterocycles. The van der Waals surface area contributed by atoms with Crippen molar-refractivity contribution < 1.29 is 22.7 Å². The van der Waals surface area contributed by atoms with Crippen molar-refractivity contribution in [2.24, 2.45) is 11.8 Å². The van der Waals surface area contributed by atoms with Gasteiger partial charge in [0.25, 0.3) is 0 Å². The van der Waals surface area contributed by atoms with Gasteiger partial charge in [-0.1, -0.05) is 52.0 Å². The van der Waals surface area contributed by atoms with E-state index in [0.29, 0.717) is 45.7 Å². The van der Waals surface area contributed by atoms with Crippen LogP contribution in [0.4, 0.5) is 29.7 Å². The fraction of sp³-hybridized carbons (Fsp3) is 0.400. The van der Waals surface area contributed by atoms with Crippen molar-refractivity contribution in [2.45, 2.75) is 33.9 Å². The number of methoxy groups -OCH3 is 1. The number of alkyl halides is 3. The highest BCUT2D eigenvalue weighted by atomic mass is 32.1. The van der Waals surface area contributed by atoms with Gasteiger partial charge in [0, 0.05) is 24.6 Å². The van der Waals surface area contributed by atoms with Gasteiger partial charge in [-0.05, 0) is 41.2 Å². The quantitative estimate of drug-likeness (QED) is 0.319. The molecule has 0 unspecified atom stereocenters. The number of rotatable bonds is 9. The first kappa shape index (κ1) is 26.5. The first-order valence-electron chi connectivity index (χ1n) is 11.2. The van der Waals surface area contributed by atoms with Crippen LogP contribution in [0.3, 0.4) is 0 Å². The first-order chi connectivity index (χ1) is 16.5. The second-order valence-electron chi connectivity index (χ2n) is 9.01. The Morgan fingerprint density at radius 3 is 2.31 bits per heavy atom. The van der Waals surface area contributed by atoms with Crippen LogP contribution in [0, 0.1) is 11.8 Å². The van der Waals surface area contributed by atoms with E-state index in [1.54, 1.807) is 18.2 Å². The molecule has 1 heterocycles. The van der Waals surface area contributed by atoms with E-state index in [1.165, 1.54) is 7.11 Å².